The molecule has 0 aromatic heterocycles. The second-order valence-corrected chi connectivity index (χ2v) is 4.12. The van der Waals surface area contributed by atoms with Crippen molar-refractivity contribution in [1.29, 1.82) is 0 Å². The number of esters is 1. The van der Waals surface area contributed by atoms with Crippen molar-refractivity contribution >= 4 is 5.97 Å². The summed E-state index contributed by atoms with van der Waals surface area (Å²) in [6.45, 7) is 3.48. The van der Waals surface area contributed by atoms with Crippen LogP contribution in [0.5, 0.6) is 0 Å². The van der Waals surface area contributed by atoms with E-state index in [9.17, 15) is 4.79 Å². The molecule has 1 unspecified atom stereocenters. The first-order chi connectivity index (χ1) is 7.77. The largest absolute Gasteiger partial charge is 0.442 e. The molecule has 86 valence electrons. The third-order valence-corrected chi connectivity index (χ3v) is 2.83. The van der Waals surface area contributed by atoms with E-state index < -0.39 is 0 Å². The molecule has 1 fully saturated rings. The molecule has 0 bridgehead atoms. The van der Waals surface area contributed by atoms with Crippen molar-refractivity contribution in [3.05, 3.63) is 35.9 Å². The lowest BCUT2D eigenvalue weighted by atomic mass is 10.2. The van der Waals surface area contributed by atoms with Gasteiger partial charge < -0.3 is 4.74 Å². The minimum absolute atomic E-state index is 0.207. The maximum Gasteiger partial charge on any atom is 0.304 e. The smallest absolute Gasteiger partial charge is 0.304 e. The van der Waals surface area contributed by atoms with Crippen LogP contribution in [0.15, 0.2) is 30.3 Å². The van der Waals surface area contributed by atoms with Crippen molar-refractivity contribution in [3.63, 3.8) is 0 Å². The van der Waals surface area contributed by atoms with Crippen LogP contribution in [0.25, 0.3) is 0 Å². The fourth-order valence-corrected chi connectivity index (χ4v) is 2.10. The highest BCUT2D eigenvalue weighted by Gasteiger charge is 2.25. The van der Waals surface area contributed by atoms with Crippen molar-refractivity contribution in [2.45, 2.75) is 26.0 Å². The normalized spacial score (nSPS) is 18.3. The van der Waals surface area contributed by atoms with Gasteiger partial charge in [-0.1, -0.05) is 30.3 Å². The Kier molecular flexibility index (Phi) is 3.57. The van der Waals surface area contributed by atoms with Crippen LogP contribution in [0.1, 0.15) is 31.6 Å². The quantitative estimate of drug-likeness (QED) is 0.731. The maximum atomic E-state index is 11.1. The molecule has 1 saturated heterocycles. The predicted molar refractivity (Wildman–Crippen MR) is 61.8 cm³/mol. The zero-order chi connectivity index (χ0) is 11.4. The highest BCUT2D eigenvalue weighted by atomic mass is 16.6. The van der Waals surface area contributed by atoms with Gasteiger partial charge in [-0.05, 0) is 12.8 Å². The molecule has 0 amide bonds. The van der Waals surface area contributed by atoms with Crippen molar-refractivity contribution in [3.8, 4) is 0 Å². The number of nitrogens with zero attached hydrogens (tertiary/aromatic N) is 1. The highest BCUT2D eigenvalue weighted by Crippen LogP contribution is 2.26. The topological polar surface area (TPSA) is 29.5 Å². The van der Waals surface area contributed by atoms with Crippen LogP contribution in [0.2, 0.25) is 0 Å². The van der Waals surface area contributed by atoms with E-state index in [0.717, 1.165) is 18.7 Å². The van der Waals surface area contributed by atoms with Crippen molar-refractivity contribution in [1.82, 2.24) is 4.90 Å². The van der Waals surface area contributed by atoms with E-state index in [-0.39, 0.29) is 12.2 Å². The Balaban J connectivity index is 2.16. The lowest BCUT2D eigenvalue weighted by Gasteiger charge is -2.26. The van der Waals surface area contributed by atoms with Crippen LogP contribution in [-0.2, 0) is 9.53 Å². The Labute approximate surface area is 96.0 Å². The second kappa shape index (κ2) is 5.12. The van der Waals surface area contributed by atoms with Gasteiger partial charge in [0, 0.05) is 25.6 Å². The number of likely N-dealkylation sites (tertiary alicyclic amines) is 1. The minimum atomic E-state index is -0.222. The molecule has 0 radical (unpaired) electrons. The summed E-state index contributed by atoms with van der Waals surface area (Å²) in [4.78, 5) is 13.4. The first-order valence-corrected chi connectivity index (χ1v) is 5.73. The van der Waals surface area contributed by atoms with Gasteiger partial charge in [-0.15, -0.1) is 0 Å². The molecule has 1 atom stereocenters. The van der Waals surface area contributed by atoms with Gasteiger partial charge >= 0.3 is 5.97 Å². The molecular weight excluding hydrogens is 202 g/mol. The molecule has 1 aromatic carbocycles. The standard InChI is InChI=1S/C13H17NO2/c1-11(15)16-13(14-9-5-6-10-14)12-7-3-2-4-8-12/h2-4,7-8,13H,5-6,9-10H2,1H3. The fraction of sp³-hybridized carbons (Fsp3) is 0.462. The molecule has 3 nitrogen and oxygen atoms in total. The summed E-state index contributed by atoms with van der Waals surface area (Å²) in [6.07, 6.45) is 2.16. The molecule has 2 rings (SSSR count). The molecule has 0 N–H and O–H groups in total. The number of benzene rings is 1. The van der Waals surface area contributed by atoms with E-state index in [2.05, 4.69) is 4.90 Å². The molecule has 1 aliphatic rings. The third kappa shape index (κ3) is 2.61. The third-order valence-electron chi connectivity index (χ3n) is 2.83. The molecule has 1 aromatic rings. The summed E-state index contributed by atoms with van der Waals surface area (Å²) >= 11 is 0. The summed E-state index contributed by atoms with van der Waals surface area (Å²) in [5, 5.41) is 0. The lowest BCUT2D eigenvalue weighted by molar-refractivity contribution is -0.156. The van der Waals surface area contributed by atoms with Gasteiger partial charge in [-0.3, -0.25) is 9.69 Å². The molecule has 3 heteroatoms. The average Bonchev–Trinajstić information content (AvgIpc) is 2.80. The SMILES string of the molecule is CC(=O)OC(c1ccccc1)N1CCCC1. The van der Waals surface area contributed by atoms with Crippen molar-refractivity contribution in [2.75, 3.05) is 13.1 Å². The lowest BCUT2D eigenvalue weighted by Crippen LogP contribution is -2.29. The summed E-state index contributed by atoms with van der Waals surface area (Å²) in [6, 6.07) is 9.93. The monoisotopic (exact) mass is 219 g/mol. The van der Waals surface area contributed by atoms with Crippen molar-refractivity contribution < 1.29 is 9.53 Å². The van der Waals surface area contributed by atoms with Crippen LogP contribution in [0.3, 0.4) is 0 Å². The highest BCUT2D eigenvalue weighted by molar-refractivity contribution is 5.66. The van der Waals surface area contributed by atoms with E-state index in [1.54, 1.807) is 0 Å². The fourth-order valence-electron chi connectivity index (χ4n) is 2.10. The molecule has 0 saturated carbocycles. The van der Waals surface area contributed by atoms with Gasteiger partial charge in [0.1, 0.15) is 0 Å². The molecule has 1 heterocycles. The summed E-state index contributed by atoms with van der Waals surface area (Å²) < 4.78 is 5.41. The Bertz CT molecular complexity index is 344. The van der Waals surface area contributed by atoms with Gasteiger partial charge in [0.05, 0.1) is 0 Å². The molecule has 1 aliphatic heterocycles. The zero-order valence-electron chi connectivity index (χ0n) is 9.56. The first kappa shape index (κ1) is 11.1. The van der Waals surface area contributed by atoms with Crippen LogP contribution >= 0.6 is 0 Å². The number of hydrogen-bond acceptors (Lipinski definition) is 3. The van der Waals surface area contributed by atoms with Gasteiger partial charge in [-0.2, -0.15) is 0 Å². The first-order valence-electron chi connectivity index (χ1n) is 5.73. The second-order valence-electron chi connectivity index (χ2n) is 4.12. The van der Waals surface area contributed by atoms with E-state index in [1.807, 2.05) is 30.3 Å². The minimum Gasteiger partial charge on any atom is -0.442 e. The number of carbonyl (C=O) groups is 1. The Morgan fingerprint density at radius 3 is 2.44 bits per heavy atom. The average molecular weight is 219 g/mol. The zero-order valence-corrected chi connectivity index (χ0v) is 9.56. The summed E-state index contributed by atoms with van der Waals surface area (Å²) in [5.74, 6) is -0.222. The van der Waals surface area contributed by atoms with Crippen molar-refractivity contribution in [2.24, 2.45) is 0 Å². The van der Waals surface area contributed by atoms with E-state index >= 15 is 0 Å². The number of rotatable bonds is 3. The number of carbonyl (C=O) groups excluding carboxylic acids is 1. The molecule has 0 aliphatic carbocycles. The van der Waals surface area contributed by atoms with Gasteiger partial charge in [0.2, 0.25) is 0 Å². The Morgan fingerprint density at radius 2 is 1.88 bits per heavy atom. The Hall–Kier alpha value is -1.35. The Morgan fingerprint density at radius 1 is 1.25 bits per heavy atom. The van der Waals surface area contributed by atoms with Gasteiger partial charge in [0.15, 0.2) is 6.23 Å². The summed E-state index contributed by atoms with van der Waals surface area (Å²) in [7, 11) is 0. The van der Waals surface area contributed by atoms with E-state index in [4.69, 9.17) is 4.74 Å². The van der Waals surface area contributed by atoms with E-state index in [1.165, 1.54) is 19.8 Å². The molecular formula is C13H17NO2. The van der Waals surface area contributed by atoms with Crippen LogP contribution < -0.4 is 0 Å². The van der Waals surface area contributed by atoms with Gasteiger partial charge in [-0.25, -0.2) is 0 Å². The maximum absolute atomic E-state index is 11.1. The number of ether oxygens (including phenoxy) is 1. The molecule has 16 heavy (non-hydrogen) atoms. The number of hydrogen-bond donors (Lipinski definition) is 0. The van der Waals surface area contributed by atoms with E-state index in [0.29, 0.717) is 0 Å². The van der Waals surface area contributed by atoms with Crippen LogP contribution in [-0.4, -0.2) is 24.0 Å². The van der Waals surface area contributed by atoms with Gasteiger partial charge in [0.25, 0.3) is 0 Å². The predicted octanol–water partition coefficient (Wildman–Crippen LogP) is 2.34. The van der Waals surface area contributed by atoms with Crippen LogP contribution in [0.4, 0.5) is 0 Å². The van der Waals surface area contributed by atoms with Crippen LogP contribution in [0, 0.1) is 0 Å². The molecule has 0 spiro atoms. The summed E-state index contributed by atoms with van der Waals surface area (Å²) in [5.41, 5.74) is 1.06.